The Kier molecular flexibility index (Phi) is 6.06. The molecular formula is C18H30N2. The van der Waals surface area contributed by atoms with Crippen LogP contribution in [-0.4, -0.2) is 36.1 Å². The third-order valence-electron chi connectivity index (χ3n) is 4.51. The summed E-state index contributed by atoms with van der Waals surface area (Å²) >= 11 is 0. The summed E-state index contributed by atoms with van der Waals surface area (Å²) in [6.07, 6.45) is 5.07. The average Bonchev–Trinajstić information content (AvgIpc) is 2.96. The highest BCUT2D eigenvalue weighted by atomic mass is 15.2. The van der Waals surface area contributed by atoms with Crippen molar-refractivity contribution in [1.82, 2.24) is 10.2 Å². The van der Waals surface area contributed by atoms with Crippen molar-refractivity contribution in [3.63, 3.8) is 0 Å². The van der Waals surface area contributed by atoms with Crippen LogP contribution in [0.1, 0.15) is 45.6 Å². The van der Waals surface area contributed by atoms with Gasteiger partial charge in [0.05, 0.1) is 0 Å². The maximum absolute atomic E-state index is 3.64. The molecule has 0 saturated carbocycles. The normalized spacial score (nSPS) is 20.8. The monoisotopic (exact) mass is 274 g/mol. The predicted octanol–water partition coefficient (Wildman–Crippen LogP) is 3.47. The largest absolute Gasteiger partial charge is 0.313 e. The van der Waals surface area contributed by atoms with Gasteiger partial charge in [-0.2, -0.15) is 0 Å². The fourth-order valence-corrected chi connectivity index (χ4v) is 3.33. The predicted molar refractivity (Wildman–Crippen MR) is 87.1 cm³/mol. The van der Waals surface area contributed by atoms with Crippen LogP contribution in [0.2, 0.25) is 0 Å². The van der Waals surface area contributed by atoms with Crippen LogP contribution >= 0.6 is 0 Å². The molecule has 1 heterocycles. The van der Waals surface area contributed by atoms with E-state index in [0.29, 0.717) is 18.1 Å². The number of nitrogens with one attached hydrogen (secondary N) is 1. The van der Waals surface area contributed by atoms with Crippen molar-refractivity contribution in [3.05, 3.63) is 35.9 Å². The number of hydrogen-bond donors (Lipinski definition) is 1. The van der Waals surface area contributed by atoms with Gasteiger partial charge in [0.1, 0.15) is 0 Å². The second-order valence-corrected chi connectivity index (χ2v) is 6.34. The van der Waals surface area contributed by atoms with Crippen molar-refractivity contribution in [2.75, 3.05) is 13.1 Å². The van der Waals surface area contributed by atoms with E-state index in [2.05, 4.69) is 61.3 Å². The molecule has 2 nitrogen and oxygen atoms in total. The first-order chi connectivity index (χ1) is 9.70. The summed E-state index contributed by atoms with van der Waals surface area (Å²) in [6.45, 7) is 9.39. The smallest absolute Gasteiger partial charge is 0.0195 e. The Morgan fingerprint density at radius 2 is 2.00 bits per heavy atom. The van der Waals surface area contributed by atoms with E-state index in [1.54, 1.807) is 0 Å². The third kappa shape index (κ3) is 4.32. The Bertz CT molecular complexity index is 368. The molecule has 1 aromatic rings. The zero-order valence-electron chi connectivity index (χ0n) is 13.3. The molecule has 0 radical (unpaired) electrons. The lowest BCUT2D eigenvalue weighted by atomic mass is 10.00. The minimum Gasteiger partial charge on any atom is -0.313 e. The fraction of sp³-hybridized carbons (Fsp3) is 0.667. The summed E-state index contributed by atoms with van der Waals surface area (Å²) in [5, 5.41) is 3.64. The van der Waals surface area contributed by atoms with Crippen molar-refractivity contribution in [3.8, 4) is 0 Å². The Morgan fingerprint density at radius 1 is 1.25 bits per heavy atom. The highest BCUT2D eigenvalue weighted by molar-refractivity contribution is 5.16. The van der Waals surface area contributed by atoms with E-state index in [4.69, 9.17) is 0 Å². The zero-order chi connectivity index (χ0) is 14.4. The van der Waals surface area contributed by atoms with Gasteiger partial charge in [-0.15, -0.1) is 0 Å². The van der Waals surface area contributed by atoms with Crippen LogP contribution in [0.25, 0.3) is 0 Å². The summed E-state index contributed by atoms with van der Waals surface area (Å²) in [4.78, 5) is 2.70. The Morgan fingerprint density at radius 3 is 2.55 bits per heavy atom. The molecule has 1 N–H and O–H groups in total. The van der Waals surface area contributed by atoms with Crippen molar-refractivity contribution in [2.45, 2.75) is 64.6 Å². The van der Waals surface area contributed by atoms with E-state index in [0.717, 1.165) is 0 Å². The molecule has 1 aliphatic rings. The van der Waals surface area contributed by atoms with Crippen LogP contribution in [0.4, 0.5) is 0 Å². The van der Waals surface area contributed by atoms with E-state index in [1.807, 2.05) is 0 Å². The van der Waals surface area contributed by atoms with Gasteiger partial charge in [0.25, 0.3) is 0 Å². The molecule has 1 aliphatic heterocycles. The molecule has 0 aromatic heterocycles. The Hall–Kier alpha value is -0.860. The van der Waals surface area contributed by atoms with Gasteiger partial charge in [0.2, 0.25) is 0 Å². The molecule has 0 amide bonds. The molecule has 1 fully saturated rings. The molecule has 0 bridgehead atoms. The molecule has 1 saturated heterocycles. The van der Waals surface area contributed by atoms with E-state index >= 15 is 0 Å². The van der Waals surface area contributed by atoms with Gasteiger partial charge in [-0.05, 0) is 51.6 Å². The summed E-state index contributed by atoms with van der Waals surface area (Å²) in [6, 6.07) is 12.9. The number of nitrogens with zero attached hydrogens (tertiary/aromatic N) is 1. The first-order valence-electron chi connectivity index (χ1n) is 8.23. The highest BCUT2D eigenvalue weighted by Gasteiger charge is 2.24. The second kappa shape index (κ2) is 7.80. The molecule has 2 atom stereocenters. The van der Waals surface area contributed by atoms with Crippen molar-refractivity contribution < 1.29 is 0 Å². The van der Waals surface area contributed by atoms with E-state index < -0.39 is 0 Å². The number of rotatable bonds is 7. The standard InChI is InChI=1S/C18H30N2/c1-4-18(13-16-9-6-5-7-10-16)20(15(2)3)14-17-11-8-12-19-17/h5-7,9-10,15,17-19H,4,8,11-14H2,1-3H3. The van der Waals surface area contributed by atoms with E-state index in [9.17, 15) is 0 Å². The van der Waals surface area contributed by atoms with Gasteiger partial charge in [0, 0.05) is 24.7 Å². The van der Waals surface area contributed by atoms with Crippen molar-refractivity contribution >= 4 is 0 Å². The quantitative estimate of drug-likeness (QED) is 0.819. The van der Waals surface area contributed by atoms with Gasteiger partial charge in [-0.3, -0.25) is 4.90 Å². The minimum atomic E-state index is 0.617. The lowest BCUT2D eigenvalue weighted by Gasteiger charge is -2.36. The number of benzene rings is 1. The van der Waals surface area contributed by atoms with Crippen LogP contribution in [0.5, 0.6) is 0 Å². The Balaban J connectivity index is 2.00. The van der Waals surface area contributed by atoms with E-state index in [-0.39, 0.29) is 0 Å². The average molecular weight is 274 g/mol. The molecule has 0 aliphatic carbocycles. The van der Waals surface area contributed by atoms with Crippen molar-refractivity contribution in [2.24, 2.45) is 0 Å². The summed E-state index contributed by atoms with van der Waals surface area (Å²) in [5.74, 6) is 0. The van der Waals surface area contributed by atoms with Crippen LogP contribution in [0.15, 0.2) is 30.3 Å². The number of hydrogen-bond acceptors (Lipinski definition) is 2. The second-order valence-electron chi connectivity index (χ2n) is 6.34. The first-order valence-corrected chi connectivity index (χ1v) is 8.23. The molecule has 2 rings (SSSR count). The molecule has 0 spiro atoms. The summed E-state index contributed by atoms with van der Waals surface area (Å²) < 4.78 is 0. The van der Waals surface area contributed by atoms with Crippen molar-refractivity contribution in [1.29, 1.82) is 0 Å². The minimum absolute atomic E-state index is 0.617. The third-order valence-corrected chi connectivity index (χ3v) is 4.51. The van der Waals surface area contributed by atoms with Gasteiger partial charge < -0.3 is 5.32 Å². The molecule has 1 aromatic carbocycles. The highest BCUT2D eigenvalue weighted by Crippen LogP contribution is 2.18. The molecule has 2 heteroatoms. The summed E-state index contributed by atoms with van der Waals surface area (Å²) in [7, 11) is 0. The van der Waals surface area contributed by atoms with Gasteiger partial charge in [0.15, 0.2) is 0 Å². The Labute approximate surface area is 124 Å². The lowest BCUT2D eigenvalue weighted by molar-refractivity contribution is 0.134. The van der Waals surface area contributed by atoms with Gasteiger partial charge in [-0.25, -0.2) is 0 Å². The van der Waals surface area contributed by atoms with Crippen LogP contribution < -0.4 is 5.32 Å². The maximum Gasteiger partial charge on any atom is 0.0195 e. The van der Waals surface area contributed by atoms with E-state index in [1.165, 1.54) is 44.3 Å². The van der Waals surface area contributed by atoms with Crippen LogP contribution in [0.3, 0.4) is 0 Å². The van der Waals surface area contributed by atoms with Gasteiger partial charge >= 0.3 is 0 Å². The van der Waals surface area contributed by atoms with Crippen LogP contribution in [-0.2, 0) is 6.42 Å². The molecule has 20 heavy (non-hydrogen) atoms. The van der Waals surface area contributed by atoms with Crippen LogP contribution in [0, 0.1) is 0 Å². The fourth-order valence-electron chi connectivity index (χ4n) is 3.33. The topological polar surface area (TPSA) is 15.3 Å². The first kappa shape index (κ1) is 15.5. The molecule has 112 valence electrons. The lowest BCUT2D eigenvalue weighted by Crippen LogP contribution is -2.47. The molecular weight excluding hydrogens is 244 g/mol. The zero-order valence-corrected chi connectivity index (χ0v) is 13.3. The summed E-state index contributed by atoms with van der Waals surface area (Å²) in [5.41, 5.74) is 1.46. The molecule has 2 unspecified atom stereocenters. The maximum atomic E-state index is 3.64. The van der Waals surface area contributed by atoms with Gasteiger partial charge in [-0.1, -0.05) is 37.3 Å². The SMILES string of the molecule is CCC(Cc1ccccc1)N(CC1CCCN1)C(C)C.